The number of nitrogens with zero attached hydrogens (tertiary/aromatic N) is 9. The predicted molar refractivity (Wildman–Crippen MR) is 129 cm³/mol. The Hall–Kier alpha value is -4.55. The van der Waals surface area contributed by atoms with Crippen molar-refractivity contribution in [3.63, 3.8) is 0 Å². The zero-order valence-corrected chi connectivity index (χ0v) is 20.4. The number of imidazole rings is 1. The van der Waals surface area contributed by atoms with Crippen molar-refractivity contribution < 1.29 is 13.9 Å². The number of halogens is 1. The number of hydrogen-bond acceptors (Lipinski definition) is 9. The molecule has 0 radical (unpaired) electrons. The minimum absolute atomic E-state index is 0.150. The Kier molecular flexibility index (Phi) is 6.66. The van der Waals surface area contributed by atoms with Gasteiger partial charge in [0.2, 0.25) is 5.88 Å². The molecule has 188 valence electrons. The van der Waals surface area contributed by atoms with Gasteiger partial charge in [0.15, 0.2) is 12.3 Å². The van der Waals surface area contributed by atoms with Crippen LogP contribution in [-0.4, -0.2) is 61.1 Å². The van der Waals surface area contributed by atoms with E-state index in [4.69, 9.17) is 14.7 Å². The van der Waals surface area contributed by atoms with E-state index in [1.165, 1.54) is 25.4 Å². The van der Waals surface area contributed by atoms with Crippen LogP contribution in [0.2, 0.25) is 0 Å². The Morgan fingerprint density at radius 1 is 1.16 bits per heavy atom. The molecule has 1 aliphatic rings. The number of nitriles is 2. The summed E-state index contributed by atoms with van der Waals surface area (Å²) in [6.45, 7) is 3.48. The van der Waals surface area contributed by atoms with E-state index >= 15 is 0 Å². The van der Waals surface area contributed by atoms with Gasteiger partial charge in [0.25, 0.3) is 0 Å². The maximum absolute atomic E-state index is 13.5. The fourth-order valence-corrected chi connectivity index (χ4v) is 4.60. The first kappa shape index (κ1) is 24.2. The zero-order valence-electron chi connectivity index (χ0n) is 20.4. The molecule has 11 nitrogen and oxygen atoms in total. The van der Waals surface area contributed by atoms with Crippen molar-refractivity contribution in [2.45, 2.75) is 31.9 Å². The smallest absolute Gasteiger partial charge is 0.201 e. The van der Waals surface area contributed by atoms with Crippen LogP contribution in [0.4, 0.5) is 4.39 Å². The van der Waals surface area contributed by atoms with Gasteiger partial charge in [0.1, 0.15) is 28.9 Å². The first-order valence-electron chi connectivity index (χ1n) is 11.8. The Labute approximate surface area is 212 Å². The summed E-state index contributed by atoms with van der Waals surface area (Å²) in [6, 6.07) is 8.73. The highest BCUT2D eigenvalue weighted by Crippen LogP contribution is 2.32. The van der Waals surface area contributed by atoms with Crippen LogP contribution >= 0.6 is 0 Å². The molecule has 1 unspecified atom stereocenters. The summed E-state index contributed by atoms with van der Waals surface area (Å²) in [6.07, 6.45) is 5.74. The Balaban J connectivity index is 1.53. The van der Waals surface area contributed by atoms with Crippen molar-refractivity contribution in [2.75, 3.05) is 26.8 Å². The number of aromatic nitrogens is 6. The van der Waals surface area contributed by atoms with E-state index in [1.807, 2.05) is 17.7 Å². The van der Waals surface area contributed by atoms with Gasteiger partial charge in [-0.15, -0.1) is 5.10 Å². The maximum Gasteiger partial charge on any atom is 0.201 e. The molecule has 0 aromatic carbocycles. The number of ether oxygens (including phenoxy) is 2. The third-order valence-electron chi connectivity index (χ3n) is 6.50. The van der Waals surface area contributed by atoms with Crippen molar-refractivity contribution in [3.05, 3.63) is 59.6 Å². The molecule has 12 heteroatoms. The largest absolute Gasteiger partial charge is 0.466 e. The number of methoxy groups -OCH3 is 1. The predicted octanol–water partition coefficient (Wildman–Crippen LogP) is 3.19. The summed E-state index contributed by atoms with van der Waals surface area (Å²) in [4.78, 5) is 10.3. The van der Waals surface area contributed by atoms with E-state index in [1.54, 1.807) is 15.4 Å². The number of pyridine rings is 2. The lowest BCUT2D eigenvalue weighted by Gasteiger charge is -2.28. The van der Waals surface area contributed by atoms with Crippen molar-refractivity contribution >= 4 is 5.65 Å². The molecular weight excluding hydrogens is 477 g/mol. The van der Waals surface area contributed by atoms with Crippen molar-refractivity contribution in [3.8, 4) is 29.4 Å². The molecule has 37 heavy (non-hydrogen) atoms. The van der Waals surface area contributed by atoms with Crippen molar-refractivity contribution in [1.82, 2.24) is 34.3 Å². The normalized spacial score (nSPS) is 14.9. The third-order valence-corrected chi connectivity index (χ3v) is 6.50. The average molecular weight is 502 g/mol. The third kappa shape index (κ3) is 4.67. The van der Waals surface area contributed by atoms with E-state index in [0.717, 1.165) is 30.3 Å². The number of hydrogen-bond donors (Lipinski definition) is 0. The molecule has 1 atom stereocenters. The van der Waals surface area contributed by atoms with Crippen LogP contribution in [0.5, 0.6) is 5.88 Å². The number of piperidine rings is 1. The summed E-state index contributed by atoms with van der Waals surface area (Å²) >= 11 is 0. The van der Waals surface area contributed by atoms with Crippen molar-refractivity contribution in [1.29, 1.82) is 10.5 Å². The van der Waals surface area contributed by atoms with Crippen LogP contribution < -0.4 is 4.74 Å². The van der Waals surface area contributed by atoms with Crippen LogP contribution in [-0.2, 0) is 4.74 Å². The quantitative estimate of drug-likeness (QED) is 0.350. The van der Waals surface area contributed by atoms with Gasteiger partial charge in [-0.1, -0.05) is 5.21 Å². The van der Waals surface area contributed by atoms with Gasteiger partial charge in [0, 0.05) is 31.8 Å². The molecule has 5 rings (SSSR count). The molecule has 0 N–H and O–H groups in total. The summed E-state index contributed by atoms with van der Waals surface area (Å²) in [5.74, 6) is -0.117. The highest BCUT2D eigenvalue weighted by Gasteiger charge is 2.25. The SMILES string of the molecule is COCC(Oc1cc(-c2nnn(C3CCN(C#N)CC3)c2C)cc2ncc(C#N)n12)c1ccc(F)cn1. The minimum Gasteiger partial charge on any atom is -0.466 e. The van der Waals surface area contributed by atoms with Gasteiger partial charge >= 0.3 is 0 Å². The molecule has 4 aromatic heterocycles. The molecule has 4 aromatic rings. The minimum atomic E-state index is -0.667. The van der Waals surface area contributed by atoms with Gasteiger partial charge < -0.3 is 14.4 Å². The Morgan fingerprint density at radius 2 is 1.97 bits per heavy atom. The Morgan fingerprint density at radius 3 is 2.65 bits per heavy atom. The molecule has 5 heterocycles. The van der Waals surface area contributed by atoms with Crippen molar-refractivity contribution in [2.24, 2.45) is 0 Å². The van der Waals surface area contributed by atoms with E-state index in [0.29, 0.717) is 41.7 Å². The highest BCUT2D eigenvalue weighted by atomic mass is 19.1. The molecule has 0 saturated carbocycles. The average Bonchev–Trinajstić information content (AvgIpc) is 3.52. The van der Waals surface area contributed by atoms with E-state index in [2.05, 4.69) is 32.5 Å². The Bertz CT molecular complexity index is 1490. The monoisotopic (exact) mass is 501 g/mol. The lowest BCUT2D eigenvalue weighted by atomic mass is 10.0. The van der Waals surface area contributed by atoms with Gasteiger partial charge in [-0.2, -0.15) is 10.5 Å². The lowest BCUT2D eigenvalue weighted by Crippen LogP contribution is -2.31. The molecule has 0 bridgehead atoms. The van der Waals surface area contributed by atoms with Gasteiger partial charge in [-0.05, 0) is 38.0 Å². The summed E-state index contributed by atoms with van der Waals surface area (Å²) in [7, 11) is 1.53. The van der Waals surface area contributed by atoms with Gasteiger partial charge in [0.05, 0.1) is 36.4 Å². The fourth-order valence-electron chi connectivity index (χ4n) is 4.60. The fraction of sp³-hybridized carbons (Fsp3) is 0.360. The van der Waals surface area contributed by atoms with Crippen LogP contribution in [0, 0.1) is 35.5 Å². The molecule has 1 saturated heterocycles. The van der Waals surface area contributed by atoms with E-state index in [9.17, 15) is 9.65 Å². The summed E-state index contributed by atoms with van der Waals surface area (Å²) in [5, 5.41) is 27.7. The van der Waals surface area contributed by atoms with Gasteiger partial charge in [-0.3, -0.25) is 9.38 Å². The standard InChI is InChI=1S/C25H24FN9O2/c1-16-25(31-32-35(16)19-5-7-33(15-28)8-6-19)17-9-23-30-13-20(11-27)34(23)24(10-17)37-22(14-36-2)21-4-3-18(26)12-29-21/h3-4,9-10,12-13,19,22H,5-8,14H2,1-2H3. The molecule has 0 spiro atoms. The van der Waals surface area contributed by atoms with Gasteiger partial charge in [-0.25, -0.2) is 14.1 Å². The second-order valence-electron chi connectivity index (χ2n) is 8.78. The summed E-state index contributed by atoms with van der Waals surface area (Å²) in [5.41, 5.74) is 3.55. The van der Waals surface area contributed by atoms with E-state index in [-0.39, 0.29) is 12.6 Å². The second-order valence-corrected chi connectivity index (χ2v) is 8.78. The second kappa shape index (κ2) is 10.2. The zero-order chi connectivity index (χ0) is 25.9. The van der Waals surface area contributed by atoms with Crippen LogP contribution in [0.25, 0.3) is 16.9 Å². The lowest BCUT2D eigenvalue weighted by molar-refractivity contribution is 0.0743. The molecule has 0 amide bonds. The molecule has 1 aliphatic heterocycles. The number of likely N-dealkylation sites (tertiary alicyclic amines) is 1. The highest BCUT2D eigenvalue weighted by molar-refractivity contribution is 5.68. The molecular formula is C25H24FN9O2. The van der Waals surface area contributed by atoms with Crippen LogP contribution in [0.1, 0.15) is 42.1 Å². The van der Waals surface area contributed by atoms with E-state index < -0.39 is 11.9 Å². The first-order chi connectivity index (χ1) is 18.0. The maximum atomic E-state index is 13.5. The number of rotatable bonds is 7. The van der Waals surface area contributed by atoms with Crippen LogP contribution in [0.15, 0.2) is 36.7 Å². The molecule has 1 fully saturated rings. The summed E-state index contributed by atoms with van der Waals surface area (Å²) < 4.78 is 28.6. The first-order valence-corrected chi connectivity index (χ1v) is 11.8. The van der Waals surface area contributed by atoms with Crippen LogP contribution in [0.3, 0.4) is 0 Å². The topological polar surface area (TPSA) is 130 Å². The number of fused-ring (bicyclic) bond motifs is 1. The molecule has 0 aliphatic carbocycles.